The second kappa shape index (κ2) is 4.93. The van der Waals surface area contributed by atoms with Crippen LogP contribution >= 0.6 is 0 Å². The van der Waals surface area contributed by atoms with Crippen LogP contribution in [0.3, 0.4) is 0 Å². The van der Waals surface area contributed by atoms with Gasteiger partial charge in [-0.1, -0.05) is 19.0 Å². The average Bonchev–Trinajstić information content (AvgIpc) is 2.78. The van der Waals surface area contributed by atoms with Crippen molar-refractivity contribution in [3.05, 3.63) is 11.7 Å². The van der Waals surface area contributed by atoms with Crippen molar-refractivity contribution >= 4 is 0 Å². The van der Waals surface area contributed by atoms with Crippen molar-refractivity contribution in [2.24, 2.45) is 0 Å². The lowest BCUT2D eigenvalue weighted by Gasteiger charge is -2.29. The molecule has 16 heavy (non-hydrogen) atoms. The van der Waals surface area contributed by atoms with Gasteiger partial charge in [-0.05, 0) is 6.92 Å². The Morgan fingerprint density at radius 1 is 1.19 bits per heavy atom. The molecule has 2 rings (SSSR count). The Kier molecular flexibility index (Phi) is 3.56. The molecule has 5 nitrogen and oxygen atoms in total. The van der Waals surface area contributed by atoms with Crippen LogP contribution in [-0.4, -0.2) is 41.3 Å². The van der Waals surface area contributed by atoms with Crippen LogP contribution in [0, 0.1) is 0 Å². The summed E-state index contributed by atoms with van der Waals surface area (Å²) in [6, 6.07) is 0.184. The van der Waals surface area contributed by atoms with E-state index in [0.29, 0.717) is 11.8 Å². The lowest BCUT2D eigenvalue weighted by atomic mass is 10.2. The summed E-state index contributed by atoms with van der Waals surface area (Å²) in [4.78, 5) is 6.73. The van der Waals surface area contributed by atoms with Gasteiger partial charge in [0, 0.05) is 19.0 Å². The molecule has 0 aromatic carbocycles. The highest BCUT2D eigenvalue weighted by atomic mass is 16.5. The Balaban J connectivity index is 2.04. The van der Waals surface area contributed by atoms with Gasteiger partial charge in [0.05, 0.1) is 19.3 Å². The van der Waals surface area contributed by atoms with Crippen LogP contribution in [0.15, 0.2) is 4.52 Å². The first-order chi connectivity index (χ1) is 7.68. The quantitative estimate of drug-likeness (QED) is 0.781. The largest absolute Gasteiger partial charge is 0.379 e. The minimum Gasteiger partial charge on any atom is -0.379 e. The van der Waals surface area contributed by atoms with Gasteiger partial charge in [-0.3, -0.25) is 4.90 Å². The maximum atomic E-state index is 5.32. The van der Waals surface area contributed by atoms with Gasteiger partial charge in [0.15, 0.2) is 5.82 Å². The topological polar surface area (TPSA) is 51.4 Å². The maximum absolute atomic E-state index is 5.32. The molecule has 1 saturated heterocycles. The minimum atomic E-state index is 0.184. The van der Waals surface area contributed by atoms with Gasteiger partial charge in [0.2, 0.25) is 5.89 Å². The van der Waals surface area contributed by atoms with E-state index in [1.54, 1.807) is 0 Å². The van der Waals surface area contributed by atoms with E-state index in [9.17, 15) is 0 Å². The molecule has 5 heteroatoms. The molecule has 0 amide bonds. The molecule has 1 aliphatic rings. The molecule has 0 saturated carbocycles. The van der Waals surface area contributed by atoms with E-state index >= 15 is 0 Å². The molecule has 90 valence electrons. The van der Waals surface area contributed by atoms with Crippen LogP contribution in [0.1, 0.15) is 44.4 Å². The van der Waals surface area contributed by atoms with Crippen molar-refractivity contribution in [1.29, 1.82) is 0 Å². The van der Waals surface area contributed by atoms with Crippen LogP contribution in [-0.2, 0) is 4.74 Å². The maximum Gasteiger partial charge on any atom is 0.243 e. The number of nitrogens with zero attached hydrogens (tertiary/aromatic N) is 3. The minimum absolute atomic E-state index is 0.184. The molecule has 2 heterocycles. The van der Waals surface area contributed by atoms with Crippen molar-refractivity contribution in [3.63, 3.8) is 0 Å². The predicted octanol–water partition coefficient (Wildman–Crippen LogP) is 1.59. The number of hydrogen-bond acceptors (Lipinski definition) is 5. The van der Waals surface area contributed by atoms with Crippen molar-refractivity contribution in [2.75, 3.05) is 26.3 Å². The van der Waals surface area contributed by atoms with Gasteiger partial charge in [-0.25, -0.2) is 0 Å². The fourth-order valence-electron chi connectivity index (χ4n) is 1.77. The molecule has 0 aliphatic carbocycles. The lowest BCUT2D eigenvalue weighted by molar-refractivity contribution is 0.0134. The van der Waals surface area contributed by atoms with Gasteiger partial charge in [-0.2, -0.15) is 4.98 Å². The van der Waals surface area contributed by atoms with Crippen molar-refractivity contribution < 1.29 is 9.26 Å². The third kappa shape index (κ3) is 2.41. The Morgan fingerprint density at radius 3 is 2.44 bits per heavy atom. The molecule has 0 bridgehead atoms. The van der Waals surface area contributed by atoms with E-state index in [2.05, 4.69) is 35.8 Å². The number of morpholine rings is 1. The molecule has 1 aliphatic heterocycles. The highest BCUT2D eigenvalue weighted by molar-refractivity contribution is 4.95. The Hall–Kier alpha value is -0.940. The summed E-state index contributed by atoms with van der Waals surface area (Å²) in [5.41, 5.74) is 0. The summed E-state index contributed by atoms with van der Waals surface area (Å²) >= 11 is 0. The Morgan fingerprint density at radius 2 is 1.88 bits per heavy atom. The smallest absolute Gasteiger partial charge is 0.243 e. The van der Waals surface area contributed by atoms with Crippen LogP contribution in [0.2, 0.25) is 0 Å². The fraction of sp³-hybridized carbons (Fsp3) is 0.818. The van der Waals surface area contributed by atoms with Crippen LogP contribution < -0.4 is 0 Å². The third-order valence-electron chi connectivity index (χ3n) is 2.92. The summed E-state index contributed by atoms with van der Waals surface area (Å²) < 4.78 is 10.6. The Labute approximate surface area is 95.8 Å². The van der Waals surface area contributed by atoms with Crippen molar-refractivity contribution in [3.8, 4) is 0 Å². The number of ether oxygens (including phenoxy) is 1. The molecule has 1 atom stereocenters. The van der Waals surface area contributed by atoms with E-state index in [1.165, 1.54) is 0 Å². The molecular weight excluding hydrogens is 206 g/mol. The van der Waals surface area contributed by atoms with E-state index in [-0.39, 0.29) is 6.04 Å². The molecule has 1 fully saturated rings. The zero-order valence-corrected chi connectivity index (χ0v) is 10.1. The average molecular weight is 225 g/mol. The van der Waals surface area contributed by atoms with Gasteiger partial charge in [-0.15, -0.1) is 0 Å². The molecular formula is C11H19N3O2. The predicted molar refractivity (Wildman–Crippen MR) is 59.2 cm³/mol. The van der Waals surface area contributed by atoms with Gasteiger partial charge < -0.3 is 9.26 Å². The van der Waals surface area contributed by atoms with Crippen molar-refractivity contribution in [2.45, 2.75) is 32.7 Å². The monoisotopic (exact) mass is 225 g/mol. The molecule has 0 spiro atoms. The number of aromatic nitrogens is 2. The molecule has 0 radical (unpaired) electrons. The third-order valence-corrected chi connectivity index (χ3v) is 2.92. The summed E-state index contributed by atoms with van der Waals surface area (Å²) in [5.74, 6) is 1.81. The first-order valence-electron chi connectivity index (χ1n) is 5.83. The second-order valence-electron chi connectivity index (χ2n) is 4.47. The van der Waals surface area contributed by atoms with E-state index in [1.807, 2.05) is 0 Å². The first-order valence-corrected chi connectivity index (χ1v) is 5.83. The van der Waals surface area contributed by atoms with Crippen LogP contribution in [0.25, 0.3) is 0 Å². The normalized spacial score (nSPS) is 20.2. The molecule has 1 aromatic rings. The molecule has 1 aromatic heterocycles. The van der Waals surface area contributed by atoms with Gasteiger partial charge >= 0.3 is 0 Å². The fourth-order valence-corrected chi connectivity index (χ4v) is 1.77. The standard InChI is InChI=1S/C11H19N3O2/c1-8(2)10-12-11(16-13-10)9(3)14-4-6-15-7-5-14/h8-9H,4-7H2,1-3H3. The summed E-state index contributed by atoms with van der Waals surface area (Å²) in [6.45, 7) is 9.66. The number of hydrogen-bond donors (Lipinski definition) is 0. The number of rotatable bonds is 3. The van der Waals surface area contributed by atoms with E-state index in [0.717, 1.165) is 32.1 Å². The first kappa shape index (κ1) is 11.5. The summed E-state index contributed by atoms with van der Waals surface area (Å²) in [5, 5.41) is 3.99. The zero-order chi connectivity index (χ0) is 11.5. The zero-order valence-electron chi connectivity index (χ0n) is 10.1. The summed E-state index contributed by atoms with van der Waals surface area (Å²) in [7, 11) is 0. The van der Waals surface area contributed by atoms with Crippen molar-refractivity contribution in [1.82, 2.24) is 15.0 Å². The second-order valence-corrected chi connectivity index (χ2v) is 4.47. The van der Waals surface area contributed by atoms with Crippen LogP contribution in [0.4, 0.5) is 0 Å². The molecule has 0 N–H and O–H groups in total. The SMILES string of the molecule is CC(C)c1noc(C(C)N2CCOCC2)n1. The van der Waals surface area contributed by atoms with E-state index in [4.69, 9.17) is 9.26 Å². The van der Waals surface area contributed by atoms with Gasteiger partial charge in [0.1, 0.15) is 0 Å². The van der Waals surface area contributed by atoms with E-state index < -0.39 is 0 Å². The lowest BCUT2D eigenvalue weighted by Crippen LogP contribution is -2.38. The van der Waals surface area contributed by atoms with Gasteiger partial charge in [0.25, 0.3) is 0 Å². The highest BCUT2D eigenvalue weighted by Crippen LogP contribution is 2.21. The molecule has 1 unspecified atom stereocenters. The highest BCUT2D eigenvalue weighted by Gasteiger charge is 2.23. The summed E-state index contributed by atoms with van der Waals surface area (Å²) in [6.07, 6.45) is 0. The Bertz CT molecular complexity index is 332. The van der Waals surface area contributed by atoms with Crippen LogP contribution in [0.5, 0.6) is 0 Å².